The van der Waals surface area contributed by atoms with Gasteiger partial charge in [0, 0.05) is 56.2 Å². The summed E-state index contributed by atoms with van der Waals surface area (Å²) in [7, 11) is 0. The van der Waals surface area contributed by atoms with Gasteiger partial charge in [-0.15, -0.1) is 11.3 Å². The molecule has 3 amide bonds. The molecule has 1 fully saturated rings. The molecule has 1 N–H and O–H groups in total. The fourth-order valence-electron chi connectivity index (χ4n) is 5.49. The second-order valence-corrected chi connectivity index (χ2v) is 11.3. The Kier molecular flexibility index (Phi) is 7.55. The molecule has 0 radical (unpaired) electrons. The van der Waals surface area contributed by atoms with E-state index < -0.39 is 5.41 Å². The van der Waals surface area contributed by atoms with Crippen LogP contribution in [0.4, 0.5) is 5.82 Å². The molecule has 7 nitrogen and oxygen atoms in total. The Morgan fingerprint density at radius 1 is 1.22 bits per heavy atom. The van der Waals surface area contributed by atoms with Gasteiger partial charge in [-0.3, -0.25) is 14.4 Å². The molecule has 8 heteroatoms. The van der Waals surface area contributed by atoms with E-state index in [2.05, 4.69) is 33.9 Å². The van der Waals surface area contributed by atoms with Crippen molar-refractivity contribution in [1.29, 1.82) is 0 Å². The monoisotopic (exact) mass is 518 g/mol. The standard InChI is InChI=1S/C29H34N4O3S/c1-2-4-25(34)33-14-10-29(11-15-33)19-23-17-22(20-30-27(23)31-28(29)36)6-7-26(35)32-12-8-21(9-13-32)18-24-5-3-16-37-24/h3,5-8,16-17,20H,2,4,9-15,18-19H2,1H3,(H,30,31,36)/b7-6+. The third-order valence-electron chi connectivity index (χ3n) is 7.78. The Hall–Kier alpha value is -3.26. The normalized spacial score (nSPS) is 19.1. The number of carbonyl (C=O) groups is 3. The van der Waals surface area contributed by atoms with Gasteiger partial charge >= 0.3 is 0 Å². The van der Waals surface area contributed by atoms with Crippen LogP contribution in [0.5, 0.6) is 0 Å². The number of fused-ring (bicyclic) bond motifs is 1. The average Bonchev–Trinajstić information content (AvgIpc) is 3.42. The summed E-state index contributed by atoms with van der Waals surface area (Å²) < 4.78 is 0. The van der Waals surface area contributed by atoms with Gasteiger partial charge < -0.3 is 15.1 Å². The molecule has 0 atom stereocenters. The SMILES string of the molecule is CCCC(=O)N1CCC2(CC1)Cc1cc(/C=C/C(=O)N3CC=C(Cc4cccs4)CC3)cnc1NC2=O. The third-order valence-corrected chi connectivity index (χ3v) is 8.66. The highest BCUT2D eigenvalue weighted by Crippen LogP contribution is 2.41. The molecule has 194 valence electrons. The lowest BCUT2D eigenvalue weighted by Crippen LogP contribution is -2.51. The van der Waals surface area contributed by atoms with Gasteiger partial charge in [0.1, 0.15) is 5.82 Å². The highest BCUT2D eigenvalue weighted by Gasteiger charge is 2.45. The van der Waals surface area contributed by atoms with E-state index in [9.17, 15) is 14.4 Å². The number of hydrogen-bond acceptors (Lipinski definition) is 5. The molecule has 2 aromatic rings. The maximum Gasteiger partial charge on any atom is 0.246 e. The minimum Gasteiger partial charge on any atom is -0.343 e. The molecule has 5 heterocycles. The van der Waals surface area contributed by atoms with Crippen LogP contribution in [0.3, 0.4) is 0 Å². The van der Waals surface area contributed by atoms with Gasteiger partial charge in [0.15, 0.2) is 0 Å². The number of likely N-dealkylation sites (tertiary alicyclic amines) is 1. The minimum atomic E-state index is -0.503. The van der Waals surface area contributed by atoms with Crippen LogP contribution in [0.25, 0.3) is 6.08 Å². The zero-order valence-electron chi connectivity index (χ0n) is 21.4. The highest BCUT2D eigenvalue weighted by atomic mass is 32.1. The Labute approximate surface area is 222 Å². The summed E-state index contributed by atoms with van der Waals surface area (Å²) in [5.41, 5.74) is 2.73. The van der Waals surface area contributed by atoms with E-state index in [1.54, 1.807) is 23.6 Å². The smallest absolute Gasteiger partial charge is 0.246 e. The van der Waals surface area contributed by atoms with Crippen LogP contribution in [0.2, 0.25) is 0 Å². The Bertz CT molecular complexity index is 1230. The summed E-state index contributed by atoms with van der Waals surface area (Å²) in [6.45, 7) is 4.60. The Balaban J connectivity index is 1.20. The fraction of sp³-hybridized carbons (Fsp3) is 0.448. The van der Waals surface area contributed by atoms with Crippen LogP contribution in [0.1, 0.15) is 55.0 Å². The van der Waals surface area contributed by atoms with E-state index in [4.69, 9.17) is 0 Å². The quantitative estimate of drug-likeness (QED) is 0.452. The van der Waals surface area contributed by atoms with Crippen molar-refractivity contribution in [3.05, 3.63) is 63.5 Å². The number of pyridine rings is 1. The van der Waals surface area contributed by atoms with E-state index >= 15 is 0 Å². The summed E-state index contributed by atoms with van der Waals surface area (Å²) in [6.07, 6.45) is 12.5. The van der Waals surface area contributed by atoms with Gasteiger partial charge in [-0.2, -0.15) is 0 Å². The predicted octanol–water partition coefficient (Wildman–Crippen LogP) is 4.46. The van der Waals surface area contributed by atoms with E-state index in [0.717, 1.165) is 36.9 Å². The highest BCUT2D eigenvalue weighted by molar-refractivity contribution is 7.09. The first-order valence-electron chi connectivity index (χ1n) is 13.2. The van der Waals surface area contributed by atoms with Crippen molar-refractivity contribution in [1.82, 2.24) is 14.8 Å². The molecule has 0 unspecified atom stereocenters. The lowest BCUT2D eigenvalue weighted by atomic mass is 9.71. The number of nitrogens with one attached hydrogen (secondary N) is 1. The van der Waals surface area contributed by atoms with E-state index in [-0.39, 0.29) is 17.7 Å². The first kappa shape index (κ1) is 25.4. The predicted molar refractivity (Wildman–Crippen MR) is 146 cm³/mol. The van der Waals surface area contributed by atoms with E-state index in [1.165, 1.54) is 10.5 Å². The molecular formula is C29H34N4O3S. The first-order valence-corrected chi connectivity index (χ1v) is 14.1. The van der Waals surface area contributed by atoms with Gasteiger partial charge in [0.25, 0.3) is 0 Å². The zero-order valence-corrected chi connectivity index (χ0v) is 22.2. The van der Waals surface area contributed by atoms with Crippen molar-refractivity contribution < 1.29 is 14.4 Å². The molecule has 1 saturated heterocycles. The number of piperidine rings is 1. The van der Waals surface area contributed by atoms with Crippen LogP contribution in [0.15, 0.2) is 47.5 Å². The van der Waals surface area contributed by atoms with E-state index in [0.29, 0.717) is 51.1 Å². The topological polar surface area (TPSA) is 82.6 Å². The summed E-state index contributed by atoms with van der Waals surface area (Å²) >= 11 is 1.77. The molecule has 3 aliphatic heterocycles. The summed E-state index contributed by atoms with van der Waals surface area (Å²) in [5, 5.41) is 5.09. The molecule has 2 aromatic heterocycles. The van der Waals surface area contributed by atoms with Crippen molar-refractivity contribution in [2.45, 2.75) is 51.9 Å². The fourth-order valence-corrected chi connectivity index (χ4v) is 6.25. The molecule has 5 rings (SSSR count). The molecule has 37 heavy (non-hydrogen) atoms. The number of rotatable bonds is 6. The lowest BCUT2D eigenvalue weighted by molar-refractivity contribution is -0.138. The molecular weight excluding hydrogens is 484 g/mol. The van der Waals surface area contributed by atoms with E-state index in [1.807, 2.05) is 28.9 Å². The van der Waals surface area contributed by atoms with Crippen LogP contribution in [0, 0.1) is 5.41 Å². The Morgan fingerprint density at radius 2 is 2.05 bits per heavy atom. The van der Waals surface area contributed by atoms with Crippen molar-refractivity contribution in [2.75, 3.05) is 31.5 Å². The van der Waals surface area contributed by atoms with Gasteiger partial charge in [0.05, 0.1) is 5.41 Å². The van der Waals surface area contributed by atoms with Crippen molar-refractivity contribution in [2.24, 2.45) is 5.41 Å². The summed E-state index contributed by atoms with van der Waals surface area (Å²) in [6, 6.07) is 6.26. The lowest BCUT2D eigenvalue weighted by Gasteiger charge is -2.43. The first-order chi connectivity index (χ1) is 18.0. The number of anilines is 1. The van der Waals surface area contributed by atoms with Crippen molar-refractivity contribution >= 4 is 41.0 Å². The maximum atomic E-state index is 13.0. The van der Waals surface area contributed by atoms with Gasteiger partial charge in [-0.1, -0.05) is 24.6 Å². The van der Waals surface area contributed by atoms with Crippen LogP contribution in [-0.4, -0.2) is 58.7 Å². The van der Waals surface area contributed by atoms with Crippen molar-refractivity contribution in [3.8, 4) is 0 Å². The number of carbonyl (C=O) groups excluding carboxylic acids is 3. The van der Waals surface area contributed by atoms with Crippen molar-refractivity contribution in [3.63, 3.8) is 0 Å². The largest absolute Gasteiger partial charge is 0.343 e. The number of aromatic nitrogens is 1. The number of amides is 3. The number of nitrogens with zero attached hydrogens (tertiary/aromatic N) is 3. The Morgan fingerprint density at radius 3 is 2.76 bits per heavy atom. The molecule has 0 saturated carbocycles. The van der Waals surface area contributed by atoms with Gasteiger partial charge in [0.2, 0.25) is 17.7 Å². The second-order valence-electron chi connectivity index (χ2n) is 10.3. The van der Waals surface area contributed by atoms with Gasteiger partial charge in [-0.25, -0.2) is 4.98 Å². The molecule has 1 spiro atoms. The molecule has 0 aliphatic carbocycles. The summed E-state index contributed by atoms with van der Waals surface area (Å²) in [4.78, 5) is 47.7. The van der Waals surface area contributed by atoms with Crippen LogP contribution >= 0.6 is 11.3 Å². The maximum absolute atomic E-state index is 13.0. The average molecular weight is 519 g/mol. The van der Waals surface area contributed by atoms with Crippen LogP contribution < -0.4 is 5.32 Å². The molecule has 3 aliphatic rings. The number of hydrogen-bond donors (Lipinski definition) is 1. The number of thiophene rings is 1. The molecule has 0 aromatic carbocycles. The van der Waals surface area contributed by atoms with Crippen LogP contribution in [-0.2, 0) is 27.2 Å². The third kappa shape index (κ3) is 5.69. The van der Waals surface area contributed by atoms with Gasteiger partial charge in [-0.05, 0) is 66.8 Å². The minimum absolute atomic E-state index is 0.00182. The zero-order chi connectivity index (χ0) is 25.8. The second kappa shape index (κ2) is 11.0. The molecule has 0 bridgehead atoms. The summed E-state index contributed by atoms with van der Waals surface area (Å²) in [5.74, 6) is 0.780.